The van der Waals surface area contributed by atoms with Crippen molar-refractivity contribution in [1.82, 2.24) is 14.8 Å². The molecule has 0 bridgehead atoms. The number of aromatic nitrogens is 1. The summed E-state index contributed by atoms with van der Waals surface area (Å²) in [6, 6.07) is 4.43. The maximum atomic E-state index is 12.9. The lowest BCUT2D eigenvalue weighted by molar-refractivity contribution is -0.149. The minimum absolute atomic E-state index is 0.142. The molecule has 1 aromatic rings. The van der Waals surface area contributed by atoms with Crippen LogP contribution in [0.25, 0.3) is 0 Å². The van der Waals surface area contributed by atoms with Crippen LogP contribution in [0.1, 0.15) is 24.8 Å². The number of likely N-dealkylation sites (tertiary alicyclic amines) is 1. The van der Waals surface area contributed by atoms with Crippen LogP contribution in [0.5, 0.6) is 0 Å². The number of rotatable bonds is 3. The highest BCUT2D eigenvalue weighted by Crippen LogP contribution is 2.27. The average Bonchev–Trinajstić information content (AvgIpc) is 2.69. The Morgan fingerprint density at radius 2 is 1.92 bits per heavy atom. The zero-order chi connectivity index (χ0) is 17.1. The number of carbonyl (C=O) groups excluding carboxylic acids is 1. The van der Waals surface area contributed by atoms with E-state index in [4.69, 9.17) is 9.47 Å². The van der Waals surface area contributed by atoms with Gasteiger partial charge in [-0.05, 0) is 37.0 Å². The molecule has 0 radical (unpaired) electrons. The summed E-state index contributed by atoms with van der Waals surface area (Å²) >= 11 is 0. The van der Waals surface area contributed by atoms with Gasteiger partial charge in [-0.2, -0.15) is 0 Å². The lowest BCUT2D eigenvalue weighted by Crippen LogP contribution is -2.61. The largest absolute Gasteiger partial charge is 0.381 e. The van der Waals surface area contributed by atoms with E-state index in [0.29, 0.717) is 25.2 Å². The number of hydrogen-bond donors (Lipinski definition) is 0. The smallest absolute Gasteiger partial charge is 0.225 e. The SMILES string of the molecule is O=C(C1CCOCC1)N1CC[C@@H]2OCCN(Cc3ccncc3)[C@H]2C1. The molecule has 3 aliphatic rings. The molecule has 4 rings (SSSR count). The Morgan fingerprint density at radius 3 is 2.72 bits per heavy atom. The molecule has 6 nitrogen and oxygen atoms in total. The predicted molar refractivity (Wildman–Crippen MR) is 92.9 cm³/mol. The third kappa shape index (κ3) is 3.86. The van der Waals surface area contributed by atoms with Crippen LogP contribution < -0.4 is 0 Å². The summed E-state index contributed by atoms with van der Waals surface area (Å²) in [5, 5.41) is 0. The van der Waals surface area contributed by atoms with Crippen molar-refractivity contribution in [3.05, 3.63) is 30.1 Å². The Kier molecular flexibility index (Phi) is 5.29. The van der Waals surface area contributed by atoms with E-state index in [0.717, 1.165) is 52.0 Å². The van der Waals surface area contributed by atoms with Crippen LogP contribution >= 0.6 is 0 Å². The Balaban J connectivity index is 1.42. The lowest BCUT2D eigenvalue weighted by Gasteiger charge is -2.47. The molecule has 136 valence electrons. The molecule has 0 unspecified atom stereocenters. The number of carbonyl (C=O) groups is 1. The van der Waals surface area contributed by atoms with Crippen molar-refractivity contribution >= 4 is 5.91 Å². The first-order valence-electron chi connectivity index (χ1n) is 9.42. The summed E-state index contributed by atoms with van der Waals surface area (Å²) < 4.78 is 11.4. The van der Waals surface area contributed by atoms with Gasteiger partial charge in [-0.1, -0.05) is 0 Å². The summed E-state index contributed by atoms with van der Waals surface area (Å²) in [4.78, 5) is 21.5. The number of fused-ring (bicyclic) bond motifs is 1. The summed E-state index contributed by atoms with van der Waals surface area (Å²) in [7, 11) is 0. The van der Waals surface area contributed by atoms with Crippen molar-refractivity contribution in [2.45, 2.75) is 38.0 Å². The van der Waals surface area contributed by atoms with Gasteiger partial charge in [0.25, 0.3) is 0 Å². The molecule has 0 aromatic carbocycles. The highest BCUT2D eigenvalue weighted by Gasteiger charge is 2.39. The summed E-state index contributed by atoms with van der Waals surface area (Å²) in [6.45, 7) is 5.63. The molecule has 1 amide bonds. The van der Waals surface area contributed by atoms with Crippen LogP contribution in [0.15, 0.2) is 24.5 Å². The molecule has 2 atom stereocenters. The number of morpholine rings is 1. The van der Waals surface area contributed by atoms with Crippen LogP contribution in [0.4, 0.5) is 0 Å². The van der Waals surface area contributed by atoms with Crippen LogP contribution in [-0.4, -0.2) is 72.3 Å². The minimum Gasteiger partial charge on any atom is -0.381 e. The van der Waals surface area contributed by atoms with Gasteiger partial charge in [-0.15, -0.1) is 0 Å². The van der Waals surface area contributed by atoms with E-state index in [-0.39, 0.29) is 12.0 Å². The minimum atomic E-state index is 0.142. The molecular formula is C19H27N3O3. The number of hydrogen-bond acceptors (Lipinski definition) is 5. The molecule has 0 N–H and O–H groups in total. The summed E-state index contributed by atoms with van der Waals surface area (Å²) in [6.07, 6.45) is 6.59. The first-order chi connectivity index (χ1) is 12.3. The molecule has 0 saturated carbocycles. The van der Waals surface area contributed by atoms with Gasteiger partial charge in [0.15, 0.2) is 0 Å². The molecule has 1 aromatic heterocycles. The van der Waals surface area contributed by atoms with Crippen molar-refractivity contribution in [2.24, 2.45) is 5.92 Å². The van der Waals surface area contributed by atoms with Crippen molar-refractivity contribution < 1.29 is 14.3 Å². The number of pyridine rings is 1. The molecule has 6 heteroatoms. The molecular weight excluding hydrogens is 318 g/mol. The average molecular weight is 345 g/mol. The summed E-state index contributed by atoms with van der Waals surface area (Å²) in [5.41, 5.74) is 1.27. The fourth-order valence-corrected chi connectivity index (χ4v) is 4.26. The lowest BCUT2D eigenvalue weighted by atomic mass is 9.94. The van der Waals surface area contributed by atoms with Gasteiger partial charge in [-0.25, -0.2) is 0 Å². The zero-order valence-electron chi connectivity index (χ0n) is 14.7. The molecule has 0 spiro atoms. The van der Waals surface area contributed by atoms with Gasteiger partial charge in [0.2, 0.25) is 5.91 Å². The Morgan fingerprint density at radius 1 is 1.12 bits per heavy atom. The fraction of sp³-hybridized carbons (Fsp3) is 0.684. The standard InChI is InChI=1S/C19H27N3O3/c23-19(16-4-10-24-11-5-16)22-8-3-18-17(14-22)21(9-12-25-18)13-15-1-6-20-7-2-15/h1-2,6-7,16-18H,3-5,8-14H2/t17-,18-/m0/s1. The van der Waals surface area contributed by atoms with Crippen LogP contribution in [0, 0.1) is 5.92 Å². The number of ether oxygens (including phenoxy) is 2. The van der Waals surface area contributed by atoms with Crippen LogP contribution in [0.3, 0.4) is 0 Å². The predicted octanol–water partition coefficient (Wildman–Crippen LogP) is 1.31. The van der Waals surface area contributed by atoms with Crippen molar-refractivity contribution in [1.29, 1.82) is 0 Å². The third-order valence-electron chi connectivity index (χ3n) is 5.72. The zero-order valence-corrected chi connectivity index (χ0v) is 14.7. The molecule has 25 heavy (non-hydrogen) atoms. The van der Waals surface area contributed by atoms with Crippen molar-refractivity contribution in [3.63, 3.8) is 0 Å². The van der Waals surface area contributed by atoms with Crippen molar-refractivity contribution in [3.8, 4) is 0 Å². The van der Waals surface area contributed by atoms with Gasteiger partial charge >= 0.3 is 0 Å². The second-order valence-corrected chi connectivity index (χ2v) is 7.26. The first-order valence-corrected chi connectivity index (χ1v) is 9.42. The van der Waals surface area contributed by atoms with Crippen LogP contribution in [-0.2, 0) is 20.8 Å². The van der Waals surface area contributed by atoms with E-state index in [1.54, 1.807) is 0 Å². The number of nitrogens with zero attached hydrogens (tertiary/aromatic N) is 3. The highest BCUT2D eigenvalue weighted by molar-refractivity contribution is 5.79. The van der Waals surface area contributed by atoms with Crippen LogP contribution in [0.2, 0.25) is 0 Å². The summed E-state index contributed by atoms with van der Waals surface area (Å²) in [5.74, 6) is 0.458. The quantitative estimate of drug-likeness (QED) is 0.827. The molecule has 4 heterocycles. The second-order valence-electron chi connectivity index (χ2n) is 7.26. The Bertz CT molecular complexity index is 577. The fourth-order valence-electron chi connectivity index (χ4n) is 4.26. The number of piperidine rings is 1. The molecule has 3 saturated heterocycles. The van der Waals surface area contributed by atoms with E-state index < -0.39 is 0 Å². The molecule has 3 fully saturated rings. The van der Waals surface area contributed by atoms with Crippen molar-refractivity contribution in [2.75, 3.05) is 39.5 Å². The monoisotopic (exact) mass is 345 g/mol. The van der Waals surface area contributed by atoms with E-state index in [1.807, 2.05) is 12.4 Å². The maximum absolute atomic E-state index is 12.9. The van der Waals surface area contributed by atoms with E-state index in [9.17, 15) is 4.79 Å². The maximum Gasteiger partial charge on any atom is 0.225 e. The third-order valence-corrected chi connectivity index (χ3v) is 5.72. The Hall–Kier alpha value is -1.50. The first kappa shape index (κ1) is 16.9. The van der Waals surface area contributed by atoms with Gasteiger partial charge in [0.05, 0.1) is 18.8 Å². The molecule has 3 aliphatic heterocycles. The van der Waals surface area contributed by atoms with Gasteiger partial charge < -0.3 is 14.4 Å². The van der Waals surface area contributed by atoms with E-state index in [1.165, 1.54) is 5.56 Å². The van der Waals surface area contributed by atoms with Gasteiger partial charge in [0, 0.05) is 57.7 Å². The normalized spacial score (nSPS) is 28.6. The van der Waals surface area contributed by atoms with E-state index in [2.05, 4.69) is 26.9 Å². The Labute approximate surface area is 149 Å². The number of amides is 1. The van der Waals surface area contributed by atoms with Gasteiger partial charge in [-0.3, -0.25) is 14.7 Å². The highest BCUT2D eigenvalue weighted by atomic mass is 16.5. The van der Waals surface area contributed by atoms with E-state index >= 15 is 0 Å². The molecule has 0 aliphatic carbocycles. The second kappa shape index (κ2) is 7.81. The van der Waals surface area contributed by atoms with Gasteiger partial charge in [0.1, 0.15) is 0 Å². The topological polar surface area (TPSA) is 54.9 Å².